The molecule has 0 aromatic rings. The summed E-state index contributed by atoms with van der Waals surface area (Å²) >= 11 is 0. The van der Waals surface area contributed by atoms with Crippen molar-refractivity contribution in [3.63, 3.8) is 0 Å². The molecule has 5 nitrogen and oxygen atoms in total. The number of allylic oxidation sites excluding steroid dienone is 4. The van der Waals surface area contributed by atoms with Crippen molar-refractivity contribution in [1.29, 1.82) is 0 Å². The smallest absolute Gasteiger partial charge is 0.192 e. The first-order chi connectivity index (χ1) is 15.1. The highest BCUT2D eigenvalue weighted by Crippen LogP contribution is 2.66. The third-order valence-electron chi connectivity index (χ3n) is 10.2. The van der Waals surface area contributed by atoms with Gasteiger partial charge < -0.3 is 9.53 Å². The monoisotopic (exact) mass is 472 g/mol. The fourth-order valence-corrected chi connectivity index (χ4v) is 8.00. The summed E-state index contributed by atoms with van der Waals surface area (Å²) in [5, 5.41) is 11.8. The van der Waals surface area contributed by atoms with Crippen LogP contribution in [0.4, 0.5) is 0 Å². The molecule has 0 bridgehead atoms. The number of rotatable bonds is 4. The van der Waals surface area contributed by atoms with E-state index in [0.29, 0.717) is 6.42 Å². The Morgan fingerprint density at radius 3 is 2.52 bits per heavy atom. The lowest BCUT2D eigenvalue weighted by Gasteiger charge is -2.56. The molecule has 0 heterocycles. The zero-order valence-corrected chi connectivity index (χ0v) is 22.3. The number of hydrogen-bond donors (Lipinski definition) is 1. The third kappa shape index (κ3) is 3.50. The Balaban J connectivity index is 1.60. The second-order valence-corrected chi connectivity index (χ2v) is 17.7. The van der Waals surface area contributed by atoms with Gasteiger partial charge in [-0.25, -0.2) is 0 Å². The van der Waals surface area contributed by atoms with Crippen LogP contribution in [0.1, 0.15) is 66.7 Å². The first-order valence-electron chi connectivity index (χ1n) is 12.4. The Kier molecular flexibility index (Phi) is 5.67. The van der Waals surface area contributed by atoms with E-state index in [1.54, 1.807) is 12.2 Å². The standard InChI is InChI=1S/C27H40O5Si/c1-24(2,3)33(6,7)32-16-22(30)27(31)13-11-20-19-9-8-17-14-18(28)10-12-25(17,4)23(19)21(29)15-26(20,27)5/h10,12,14,19-20,23,31H,8-9,11,13,15-16H2,1-7H3/t19-,20-,23+,25+,26-,27-/m0/s1. The highest BCUT2D eigenvalue weighted by Gasteiger charge is 2.68. The van der Waals surface area contributed by atoms with Crippen LogP contribution in [0.25, 0.3) is 0 Å². The summed E-state index contributed by atoms with van der Waals surface area (Å²) in [7, 11) is -2.14. The SMILES string of the molecule is CC(C)(C)[Si](C)(C)OCC(=O)[C@@]1(O)CC[C@H]2[C@@H]3CCC4=CC(=O)C=C[C@@]4(C)[C@H]3C(=O)C[C@@]21C. The van der Waals surface area contributed by atoms with E-state index in [1.165, 1.54) is 0 Å². The zero-order chi connectivity index (χ0) is 24.6. The van der Waals surface area contributed by atoms with Gasteiger partial charge >= 0.3 is 0 Å². The Morgan fingerprint density at radius 1 is 1.21 bits per heavy atom. The lowest BCUT2D eigenvalue weighted by molar-refractivity contribution is -0.168. The van der Waals surface area contributed by atoms with Crippen LogP contribution in [0, 0.1) is 28.6 Å². The molecule has 0 saturated heterocycles. The summed E-state index contributed by atoms with van der Waals surface area (Å²) < 4.78 is 6.18. The van der Waals surface area contributed by atoms with E-state index in [2.05, 4.69) is 40.8 Å². The van der Waals surface area contributed by atoms with Crippen LogP contribution in [0.5, 0.6) is 0 Å². The van der Waals surface area contributed by atoms with Crippen molar-refractivity contribution in [2.45, 2.75) is 90.5 Å². The molecule has 1 N–H and O–H groups in total. The maximum Gasteiger partial charge on any atom is 0.192 e. The van der Waals surface area contributed by atoms with Crippen molar-refractivity contribution in [2.24, 2.45) is 28.6 Å². The van der Waals surface area contributed by atoms with Crippen molar-refractivity contribution in [3.8, 4) is 0 Å². The van der Waals surface area contributed by atoms with Crippen molar-refractivity contribution in [1.82, 2.24) is 0 Å². The molecule has 4 aliphatic rings. The van der Waals surface area contributed by atoms with Gasteiger partial charge in [0, 0.05) is 23.2 Å². The molecule has 3 fully saturated rings. The van der Waals surface area contributed by atoms with E-state index >= 15 is 0 Å². The highest BCUT2D eigenvalue weighted by molar-refractivity contribution is 6.74. The van der Waals surface area contributed by atoms with Gasteiger partial charge in [0.2, 0.25) is 0 Å². The zero-order valence-electron chi connectivity index (χ0n) is 21.3. The molecule has 4 aliphatic carbocycles. The topological polar surface area (TPSA) is 80.7 Å². The fourth-order valence-electron chi connectivity index (χ4n) is 7.07. The first kappa shape index (κ1) is 24.7. The minimum Gasteiger partial charge on any atom is -0.409 e. The summed E-state index contributed by atoms with van der Waals surface area (Å²) in [6, 6.07) is 0. The van der Waals surface area contributed by atoms with Crippen molar-refractivity contribution in [2.75, 3.05) is 6.61 Å². The molecule has 4 rings (SSSR count). The lowest BCUT2D eigenvalue weighted by atomic mass is 9.46. The average molecular weight is 473 g/mol. The number of Topliss-reactive ketones (excluding diaryl/α,β-unsaturated/α-hetero) is 2. The van der Waals surface area contributed by atoms with Crippen molar-refractivity contribution >= 4 is 25.7 Å². The van der Waals surface area contributed by atoms with Crippen LogP contribution >= 0.6 is 0 Å². The second kappa shape index (κ2) is 7.56. The predicted octanol–water partition coefficient (Wildman–Crippen LogP) is 4.80. The molecule has 0 aromatic heterocycles. The molecular formula is C27H40O5Si. The molecule has 3 saturated carbocycles. The predicted molar refractivity (Wildman–Crippen MR) is 130 cm³/mol. The Morgan fingerprint density at radius 2 is 1.88 bits per heavy atom. The van der Waals surface area contributed by atoms with Gasteiger partial charge in [-0.05, 0) is 67.8 Å². The van der Waals surface area contributed by atoms with Gasteiger partial charge in [0.1, 0.15) is 11.4 Å². The molecule has 0 unspecified atom stereocenters. The third-order valence-corrected chi connectivity index (χ3v) is 14.7. The molecule has 0 spiro atoms. The maximum absolute atomic E-state index is 13.7. The summed E-state index contributed by atoms with van der Waals surface area (Å²) in [6.07, 6.45) is 8.18. The maximum atomic E-state index is 13.7. The summed E-state index contributed by atoms with van der Waals surface area (Å²) in [5.74, 6) is -0.137. The number of carbonyl (C=O) groups is 3. The minimum atomic E-state index is -2.14. The van der Waals surface area contributed by atoms with E-state index in [1.807, 2.05) is 13.0 Å². The van der Waals surface area contributed by atoms with E-state index in [9.17, 15) is 19.5 Å². The van der Waals surface area contributed by atoms with Crippen molar-refractivity contribution < 1.29 is 23.9 Å². The normalized spacial score (nSPS) is 40.7. The van der Waals surface area contributed by atoms with Crippen LogP contribution in [0.15, 0.2) is 23.8 Å². The van der Waals surface area contributed by atoms with Crippen molar-refractivity contribution in [3.05, 3.63) is 23.8 Å². The van der Waals surface area contributed by atoms with E-state index < -0.39 is 24.7 Å². The van der Waals surface area contributed by atoms with Gasteiger partial charge in [0.25, 0.3) is 0 Å². The number of carbonyl (C=O) groups excluding carboxylic acids is 3. The molecule has 182 valence electrons. The summed E-state index contributed by atoms with van der Waals surface area (Å²) in [5.41, 5.74) is -1.69. The minimum absolute atomic E-state index is 0.00316. The molecular weight excluding hydrogens is 432 g/mol. The summed E-state index contributed by atoms with van der Waals surface area (Å²) in [6.45, 7) is 14.5. The van der Waals surface area contributed by atoms with Crippen LogP contribution in [0.2, 0.25) is 18.1 Å². The van der Waals surface area contributed by atoms with Crippen LogP contribution in [-0.4, -0.2) is 43.0 Å². The highest BCUT2D eigenvalue weighted by atomic mass is 28.4. The molecule has 0 amide bonds. The molecule has 0 radical (unpaired) electrons. The van der Waals surface area contributed by atoms with Gasteiger partial charge in [0.15, 0.2) is 19.9 Å². The molecule has 33 heavy (non-hydrogen) atoms. The Labute approximate surface area is 199 Å². The number of aliphatic hydroxyl groups is 1. The van der Waals surface area contributed by atoms with Gasteiger partial charge in [-0.3, -0.25) is 14.4 Å². The molecule has 0 aromatic carbocycles. The number of fused-ring (bicyclic) bond motifs is 5. The van der Waals surface area contributed by atoms with E-state index in [0.717, 1.165) is 24.8 Å². The van der Waals surface area contributed by atoms with Gasteiger partial charge in [-0.1, -0.05) is 46.3 Å². The Bertz CT molecular complexity index is 956. The van der Waals surface area contributed by atoms with Crippen LogP contribution in [0.3, 0.4) is 0 Å². The molecule has 0 aliphatic heterocycles. The number of hydrogen-bond acceptors (Lipinski definition) is 5. The second-order valence-electron chi connectivity index (χ2n) is 12.9. The average Bonchev–Trinajstić information content (AvgIpc) is 2.97. The first-order valence-corrected chi connectivity index (χ1v) is 15.3. The number of ketones is 3. The van der Waals surface area contributed by atoms with Gasteiger partial charge in [-0.2, -0.15) is 0 Å². The Hall–Kier alpha value is -1.37. The molecule has 6 atom stereocenters. The molecule has 6 heteroatoms. The van der Waals surface area contributed by atoms with Crippen LogP contribution < -0.4 is 0 Å². The van der Waals surface area contributed by atoms with Gasteiger partial charge in [-0.15, -0.1) is 0 Å². The van der Waals surface area contributed by atoms with Crippen LogP contribution in [-0.2, 0) is 18.8 Å². The largest absolute Gasteiger partial charge is 0.409 e. The van der Waals surface area contributed by atoms with E-state index in [-0.39, 0.29) is 53.2 Å². The fraction of sp³-hybridized carbons (Fsp3) is 0.741. The van der Waals surface area contributed by atoms with E-state index in [4.69, 9.17) is 4.43 Å². The quantitative estimate of drug-likeness (QED) is 0.595. The van der Waals surface area contributed by atoms with Gasteiger partial charge in [0.05, 0.1) is 6.61 Å². The lowest BCUT2D eigenvalue weighted by Crippen LogP contribution is -2.61. The summed E-state index contributed by atoms with van der Waals surface area (Å²) in [4.78, 5) is 39.1.